The van der Waals surface area contributed by atoms with Gasteiger partial charge in [-0.05, 0) is 67.4 Å². The summed E-state index contributed by atoms with van der Waals surface area (Å²) in [5.74, 6) is 0. The minimum absolute atomic E-state index is 0.145. The number of benzene rings is 1. The largest absolute Gasteiger partial charge is 0.336 e. The van der Waals surface area contributed by atoms with Crippen LogP contribution in [-0.2, 0) is 0 Å². The highest BCUT2D eigenvalue weighted by Gasteiger charge is 2.24. The predicted octanol–water partition coefficient (Wildman–Crippen LogP) is 4.02. The second kappa shape index (κ2) is 7.62. The maximum Gasteiger partial charge on any atom is 0.319 e. The molecule has 1 aromatic carbocycles. The fourth-order valence-electron chi connectivity index (χ4n) is 2.98. The van der Waals surface area contributed by atoms with Crippen LogP contribution in [0.5, 0.6) is 0 Å². The monoisotopic (exact) mass is 329 g/mol. The minimum Gasteiger partial charge on any atom is -0.336 e. The molecule has 23 heavy (non-hydrogen) atoms. The highest BCUT2D eigenvalue weighted by Crippen LogP contribution is 2.26. The lowest BCUT2D eigenvalue weighted by atomic mass is 10.1. The zero-order valence-electron chi connectivity index (χ0n) is 13.4. The summed E-state index contributed by atoms with van der Waals surface area (Å²) in [7, 11) is 0. The lowest BCUT2D eigenvalue weighted by Gasteiger charge is -2.27. The first-order valence-corrected chi connectivity index (χ1v) is 9.04. The van der Waals surface area contributed by atoms with E-state index in [-0.39, 0.29) is 12.1 Å². The average Bonchev–Trinajstić information content (AvgIpc) is 3.24. The topological polar surface area (TPSA) is 44.4 Å². The van der Waals surface area contributed by atoms with E-state index in [9.17, 15) is 4.79 Å². The normalized spacial score (nSPS) is 16.2. The average molecular weight is 329 g/mol. The number of thiophene rings is 1. The summed E-state index contributed by atoms with van der Waals surface area (Å²) in [6.07, 6.45) is 2.49. The second-order valence-corrected chi connectivity index (χ2v) is 6.80. The van der Waals surface area contributed by atoms with E-state index >= 15 is 0 Å². The molecule has 1 aliphatic rings. The summed E-state index contributed by atoms with van der Waals surface area (Å²) in [5, 5.41) is 10.2. The van der Waals surface area contributed by atoms with Gasteiger partial charge in [0.05, 0.1) is 6.04 Å². The number of carbonyl (C=O) groups excluding carboxylic acids is 1. The van der Waals surface area contributed by atoms with Crippen molar-refractivity contribution >= 4 is 23.1 Å². The van der Waals surface area contributed by atoms with Crippen LogP contribution in [-0.4, -0.2) is 30.6 Å². The molecule has 0 spiro atoms. The van der Waals surface area contributed by atoms with Crippen molar-refractivity contribution in [3.05, 3.63) is 52.2 Å². The zero-order chi connectivity index (χ0) is 16.1. The highest BCUT2D eigenvalue weighted by molar-refractivity contribution is 7.07. The third kappa shape index (κ3) is 4.33. The van der Waals surface area contributed by atoms with Gasteiger partial charge < -0.3 is 10.6 Å². The molecule has 3 rings (SSSR count). The Morgan fingerprint density at radius 3 is 2.61 bits per heavy atom. The summed E-state index contributed by atoms with van der Waals surface area (Å²) in [6.45, 7) is 4.89. The smallest absolute Gasteiger partial charge is 0.319 e. The Bertz CT molecular complexity index is 618. The molecule has 2 amide bonds. The van der Waals surface area contributed by atoms with E-state index in [1.807, 2.05) is 31.2 Å². The third-order valence-electron chi connectivity index (χ3n) is 4.27. The summed E-state index contributed by atoms with van der Waals surface area (Å²) < 4.78 is 0. The van der Waals surface area contributed by atoms with Gasteiger partial charge in [-0.1, -0.05) is 17.7 Å². The molecule has 0 bridgehead atoms. The van der Waals surface area contributed by atoms with Gasteiger partial charge in [0, 0.05) is 12.2 Å². The van der Waals surface area contributed by atoms with Gasteiger partial charge in [-0.25, -0.2) is 4.79 Å². The maximum atomic E-state index is 12.1. The van der Waals surface area contributed by atoms with Gasteiger partial charge in [-0.15, -0.1) is 0 Å². The van der Waals surface area contributed by atoms with E-state index in [2.05, 4.69) is 32.4 Å². The van der Waals surface area contributed by atoms with Crippen molar-refractivity contribution in [3.8, 4) is 0 Å². The van der Waals surface area contributed by atoms with Gasteiger partial charge in [0.1, 0.15) is 0 Å². The lowest BCUT2D eigenvalue weighted by Crippen LogP contribution is -2.38. The number of likely N-dealkylation sites (tertiary alicyclic amines) is 1. The number of nitrogens with zero attached hydrogens (tertiary/aromatic N) is 1. The van der Waals surface area contributed by atoms with Crippen LogP contribution in [0.3, 0.4) is 0 Å². The van der Waals surface area contributed by atoms with Crippen LogP contribution in [0.2, 0.25) is 0 Å². The first kappa shape index (κ1) is 16.0. The lowest BCUT2D eigenvalue weighted by molar-refractivity contribution is 0.228. The number of rotatable bonds is 5. The van der Waals surface area contributed by atoms with E-state index < -0.39 is 0 Å². The zero-order valence-corrected chi connectivity index (χ0v) is 14.2. The Balaban J connectivity index is 1.57. The molecule has 0 unspecified atom stereocenters. The first-order chi connectivity index (χ1) is 11.2. The van der Waals surface area contributed by atoms with Crippen molar-refractivity contribution in [1.29, 1.82) is 0 Å². The number of hydrogen-bond donors (Lipinski definition) is 2. The first-order valence-electron chi connectivity index (χ1n) is 8.10. The van der Waals surface area contributed by atoms with Crippen LogP contribution in [0.25, 0.3) is 0 Å². The van der Waals surface area contributed by atoms with E-state index in [1.165, 1.54) is 24.0 Å². The van der Waals surface area contributed by atoms with Crippen LogP contribution in [0.15, 0.2) is 41.1 Å². The molecular formula is C18H23N3OS. The van der Waals surface area contributed by atoms with E-state index in [1.54, 1.807) is 11.3 Å². The molecule has 2 aromatic rings. The molecule has 2 heterocycles. The molecule has 1 aliphatic heterocycles. The Morgan fingerprint density at radius 1 is 1.22 bits per heavy atom. The number of nitrogens with one attached hydrogen (secondary N) is 2. The molecule has 1 fully saturated rings. The quantitative estimate of drug-likeness (QED) is 0.870. The van der Waals surface area contributed by atoms with E-state index in [4.69, 9.17) is 0 Å². The molecule has 0 saturated carbocycles. The summed E-state index contributed by atoms with van der Waals surface area (Å²) in [6, 6.07) is 10.1. The SMILES string of the molecule is Cc1ccc(NC(=O)NC[C@@H](c2ccsc2)N2CCCC2)cc1. The standard InChI is InChI=1S/C18H23N3OS/c1-14-4-6-16(7-5-14)20-18(22)19-12-17(15-8-11-23-13-15)21-9-2-3-10-21/h4-8,11,13,17H,2-3,9-10,12H2,1H3,(H2,19,20,22)/t17-/m0/s1. The van der Waals surface area contributed by atoms with Gasteiger partial charge in [0.15, 0.2) is 0 Å². The van der Waals surface area contributed by atoms with E-state index in [0.717, 1.165) is 18.8 Å². The Labute approximate surface area is 141 Å². The number of urea groups is 1. The summed E-state index contributed by atoms with van der Waals surface area (Å²) in [4.78, 5) is 14.6. The van der Waals surface area contributed by atoms with Gasteiger partial charge in [-0.2, -0.15) is 11.3 Å². The Hall–Kier alpha value is -1.85. The molecule has 0 radical (unpaired) electrons. The molecule has 4 nitrogen and oxygen atoms in total. The van der Waals surface area contributed by atoms with Crippen molar-refractivity contribution in [1.82, 2.24) is 10.2 Å². The molecular weight excluding hydrogens is 306 g/mol. The minimum atomic E-state index is -0.145. The Morgan fingerprint density at radius 2 is 1.96 bits per heavy atom. The van der Waals surface area contributed by atoms with Gasteiger partial charge >= 0.3 is 6.03 Å². The van der Waals surface area contributed by atoms with Crippen LogP contribution >= 0.6 is 11.3 Å². The molecule has 122 valence electrons. The fourth-order valence-corrected chi connectivity index (χ4v) is 3.68. The number of anilines is 1. The van der Waals surface area contributed by atoms with Crippen LogP contribution < -0.4 is 10.6 Å². The predicted molar refractivity (Wildman–Crippen MR) is 96.1 cm³/mol. The van der Waals surface area contributed by atoms with Crippen LogP contribution in [0.1, 0.15) is 30.0 Å². The fraction of sp³-hybridized carbons (Fsp3) is 0.389. The van der Waals surface area contributed by atoms with Crippen LogP contribution in [0.4, 0.5) is 10.5 Å². The summed E-state index contributed by atoms with van der Waals surface area (Å²) in [5.41, 5.74) is 3.30. The van der Waals surface area contributed by atoms with Crippen molar-refractivity contribution in [2.45, 2.75) is 25.8 Å². The maximum absolute atomic E-state index is 12.1. The number of carbonyl (C=O) groups is 1. The molecule has 1 aromatic heterocycles. The van der Waals surface area contributed by atoms with Gasteiger partial charge in [0.25, 0.3) is 0 Å². The molecule has 5 heteroatoms. The van der Waals surface area contributed by atoms with Gasteiger partial charge in [0.2, 0.25) is 0 Å². The Kier molecular flexibility index (Phi) is 5.31. The second-order valence-electron chi connectivity index (χ2n) is 6.02. The van der Waals surface area contributed by atoms with Crippen LogP contribution in [0, 0.1) is 6.92 Å². The highest BCUT2D eigenvalue weighted by atomic mass is 32.1. The molecule has 1 saturated heterocycles. The third-order valence-corrected chi connectivity index (χ3v) is 4.98. The number of hydrogen-bond acceptors (Lipinski definition) is 3. The van der Waals surface area contributed by atoms with Gasteiger partial charge in [-0.3, -0.25) is 4.90 Å². The molecule has 1 atom stereocenters. The summed E-state index contributed by atoms with van der Waals surface area (Å²) >= 11 is 1.71. The molecule has 2 N–H and O–H groups in total. The van der Waals surface area contributed by atoms with Crippen molar-refractivity contribution in [2.24, 2.45) is 0 Å². The van der Waals surface area contributed by atoms with E-state index in [0.29, 0.717) is 6.54 Å². The van der Waals surface area contributed by atoms with Crippen molar-refractivity contribution in [3.63, 3.8) is 0 Å². The van der Waals surface area contributed by atoms with Crippen molar-refractivity contribution in [2.75, 3.05) is 25.0 Å². The van der Waals surface area contributed by atoms with Crippen molar-refractivity contribution < 1.29 is 4.79 Å². The molecule has 0 aliphatic carbocycles. The number of amides is 2. The number of aryl methyl sites for hydroxylation is 1.